The van der Waals surface area contributed by atoms with Gasteiger partial charge in [0.25, 0.3) is 0 Å². The average Bonchev–Trinajstić information content (AvgIpc) is 2.67. The summed E-state index contributed by atoms with van der Waals surface area (Å²) in [6.07, 6.45) is 7.59. The lowest BCUT2D eigenvalue weighted by Gasteiger charge is -2.23. The molecule has 0 saturated carbocycles. The topological polar surface area (TPSA) is 12.0 Å². The van der Waals surface area contributed by atoms with E-state index in [0.29, 0.717) is 6.04 Å². The molecule has 0 aliphatic heterocycles. The van der Waals surface area contributed by atoms with Crippen LogP contribution in [0.4, 0.5) is 0 Å². The molecule has 4 heteroatoms. The van der Waals surface area contributed by atoms with E-state index in [0.717, 1.165) is 11.0 Å². The van der Waals surface area contributed by atoms with E-state index < -0.39 is 0 Å². The molecule has 0 saturated heterocycles. The number of thiophene rings is 1. The molecule has 0 aromatic carbocycles. The van der Waals surface area contributed by atoms with Crippen LogP contribution in [-0.2, 0) is 0 Å². The monoisotopic (exact) mass is 377 g/mol. The van der Waals surface area contributed by atoms with Crippen molar-refractivity contribution in [2.24, 2.45) is 0 Å². The number of halogens is 2. The van der Waals surface area contributed by atoms with Crippen LogP contribution in [0.1, 0.15) is 43.5 Å². The molecule has 1 atom stereocenters. The second-order valence-corrected chi connectivity index (χ2v) is 7.54. The lowest BCUT2D eigenvalue weighted by molar-refractivity contribution is 0.570. The number of hydrogen-bond acceptors (Lipinski definition) is 2. The molecule has 1 heterocycles. The molecule has 1 aliphatic rings. The van der Waals surface area contributed by atoms with E-state index in [2.05, 4.69) is 56.2 Å². The number of hydrogen-bond donors (Lipinski definition) is 1. The van der Waals surface area contributed by atoms with Crippen LogP contribution in [0.3, 0.4) is 0 Å². The number of allylic oxidation sites excluding steroid dienone is 1. The highest BCUT2D eigenvalue weighted by Crippen LogP contribution is 2.39. The van der Waals surface area contributed by atoms with Crippen molar-refractivity contribution in [3.63, 3.8) is 0 Å². The predicted molar refractivity (Wildman–Crippen MR) is 82.7 cm³/mol. The first kappa shape index (κ1) is 13.8. The van der Waals surface area contributed by atoms with Crippen LogP contribution in [0.2, 0.25) is 0 Å². The Bertz CT molecular complexity index is 392. The minimum absolute atomic E-state index is 0.410. The van der Waals surface area contributed by atoms with Crippen molar-refractivity contribution in [2.75, 3.05) is 6.54 Å². The summed E-state index contributed by atoms with van der Waals surface area (Å²) in [6, 6.07) is 2.64. The first-order chi connectivity index (χ1) is 8.22. The normalized spacial score (nSPS) is 17.9. The summed E-state index contributed by atoms with van der Waals surface area (Å²) in [5.74, 6) is 0. The smallest absolute Gasteiger partial charge is 0.0843 e. The summed E-state index contributed by atoms with van der Waals surface area (Å²) >= 11 is 8.98. The predicted octanol–water partition coefficient (Wildman–Crippen LogP) is 5.42. The zero-order chi connectivity index (χ0) is 12.3. The first-order valence-corrected chi connectivity index (χ1v) is 8.49. The Kier molecular flexibility index (Phi) is 5.27. The van der Waals surface area contributed by atoms with Gasteiger partial charge in [-0.3, -0.25) is 0 Å². The summed E-state index contributed by atoms with van der Waals surface area (Å²) in [6.45, 7) is 3.18. The Morgan fingerprint density at radius 1 is 1.41 bits per heavy atom. The van der Waals surface area contributed by atoms with E-state index in [1.165, 1.54) is 34.3 Å². The maximum absolute atomic E-state index is 3.61. The van der Waals surface area contributed by atoms with Crippen LogP contribution in [-0.4, -0.2) is 6.54 Å². The lowest BCUT2D eigenvalue weighted by Crippen LogP contribution is -2.22. The van der Waals surface area contributed by atoms with Crippen molar-refractivity contribution in [3.05, 3.63) is 30.9 Å². The van der Waals surface area contributed by atoms with Gasteiger partial charge in [-0.2, -0.15) is 0 Å². The van der Waals surface area contributed by atoms with Gasteiger partial charge >= 0.3 is 0 Å². The lowest BCUT2D eigenvalue weighted by atomic mass is 9.93. The van der Waals surface area contributed by atoms with Gasteiger partial charge in [0.2, 0.25) is 0 Å². The Hall–Kier alpha value is 0.360. The fourth-order valence-corrected chi connectivity index (χ4v) is 4.46. The highest BCUT2D eigenvalue weighted by atomic mass is 79.9. The molecule has 94 valence electrons. The summed E-state index contributed by atoms with van der Waals surface area (Å²) in [7, 11) is 0. The molecule has 0 fully saturated rings. The van der Waals surface area contributed by atoms with Gasteiger partial charge in [0.05, 0.1) is 9.83 Å². The van der Waals surface area contributed by atoms with E-state index in [1.807, 2.05) is 11.3 Å². The van der Waals surface area contributed by atoms with Gasteiger partial charge in [0, 0.05) is 9.35 Å². The van der Waals surface area contributed by atoms with Gasteiger partial charge < -0.3 is 5.32 Å². The zero-order valence-corrected chi connectivity index (χ0v) is 13.9. The van der Waals surface area contributed by atoms with Crippen molar-refractivity contribution in [3.8, 4) is 0 Å². The van der Waals surface area contributed by atoms with Gasteiger partial charge in [0.15, 0.2) is 0 Å². The third kappa shape index (κ3) is 3.43. The third-order valence-electron chi connectivity index (χ3n) is 3.05. The highest BCUT2D eigenvalue weighted by molar-refractivity contribution is 9.13. The molecule has 1 unspecified atom stereocenters. The van der Waals surface area contributed by atoms with E-state index in [9.17, 15) is 0 Å². The van der Waals surface area contributed by atoms with Gasteiger partial charge in [-0.05, 0) is 70.2 Å². The van der Waals surface area contributed by atoms with E-state index in [-0.39, 0.29) is 0 Å². The Labute approximate surface area is 124 Å². The molecule has 0 bridgehead atoms. The highest BCUT2D eigenvalue weighted by Gasteiger charge is 2.20. The molecule has 17 heavy (non-hydrogen) atoms. The maximum atomic E-state index is 3.61. The molecular weight excluding hydrogens is 362 g/mol. The quantitative estimate of drug-likeness (QED) is 0.689. The van der Waals surface area contributed by atoms with E-state index >= 15 is 0 Å². The Morgan fingerprint density at radius 2 is 2.24 bits per heavy atom. The van der Waals surface area contributed by atoms with Crippen LogP contribution in [0, 0.1) is 0 Å². The average molecular weight is 379 g/mol. The maximum Gasteiger partial charge on any atom is 0.0843 e. The van der Waals surface area contributed by atoms with Gasteiger partial charge in [-0.15, -0.1) is 11.3 Å². The summed E-state index contributed by atoms with van der Waals surface area (Å²) < 4.78 is 2.35. The van der Waals surface area contributed by atoms with Crippen molar-refractivity contribution in [1.82, 2.24) is 5.32 Å². The molecule has 0 spiro atoms. The van der Waals surface area contributed by atoms with Gasteiger partial charge in [-0.25, -0.2) is 0 Å². The molecular formula is C13H17Br2NS. The Balaban J connectivity index is 2.24. The minimum atomic E-state index is 0.410. The van der Waals surface area contributed by atoms with E-state index in [4.69, 9.17) is 0 Å². The summed E-state index contributed by atoms with van der Waals surface area (Å²) in [5.41, 5.74) is 1.57. The molecule has 0 amide bonds. The second-order valence-electron chi connectivity index (χ2n) is 4.29. The molecule has 1 N–H and O–H groups in total. The molecule has 1 aliphatic carbocycles. The standard InChI is InChI=1S/C13H17Br2NS/c1-2-16-12(9-6-4-3-5-7-9)11-8-10(14)13(15)17-11/h6,8,12,16H,2-5,7H2,1H3. The summed E-state index contributed by atoms with van der Waals surface area (Å²) in [5, 5.41) is 3.61. The number of likely N-dealkylation sites (N-methyl/N-ethyl adjacent to an activating group) is 1. The SMILES string of the molecule is CCNC(C1=CCCCC1)c1cc(Br)c(Br)s1. The van der Waals surface area contributed by atoms with Crippen molar-refractivity contribution >= 4 is 43.2 Å². The molecule has 1 aromatic heterocycles. The van der Waals surface area contributed by atoms with Gasteiger partial charge in [0.1, 0.15) is 0 Å². The largest absolute Gasteiger partial charge is 0.306 e. The van der Waals surface area contributed by atoms with E-state index in [1.54, 1.807) is 5.57 Å². The minimum Gasteiger partial charge on any atom is -0.306 e. The number of rotatable bonds is 4. The van der Waals surface area contributed by atoms with Crippen molar-refractivity contribution in [2.45, 2.75) is 38.6 Å². The van der Waals surface area contributed by atoms with Crippen LogP contribution in [0.25, 0.3) is 0 Å². The Morgan fingerprint density at radius 3 is 2.76 bits per heavy atom. The second kappa shape index (κ2) is 6.50. The third-order valence-corrected chi connectivity index (χ3v) is 6.37. The van der Waals surface area contributed by atoms with Crippen molar-refractivity contribution in [1.29, 1.82) is 0 Å². The number of nitrogens with one attached hydrogen (secondary N) is 1. The van der Waals surface area contributed by atoms with Crippen LogP contribution in [0.15, 0.2) is 26.0 Å². The molecule has 0 radical (unpaired) electrons. The fraction of sp³-hybridized carbons (Fsp3) is 0.538. The van der Waals surface area contributed by atoms with Crippen LogP contribution < -0.4 is 5.32 Å². The van der Waals surface area contributed by atoms with Crippen LogP contribution in [0.5, 0.6) is 0 Å². The molecule has 1 aromatic rings. The van der Waals surface area contributed by atoms with Crippen molar-refractivity contribution < 1.29 is 0 Å². The van der Waals surface area contributed by atoms with Gasteiger partial charge in [-0.1, -0.05) is 18.6 Å². The zero-order valence-electron chi connectivity index (χ0n) is 9.93. The summed E-state index contributed by atoms with van der Waals surface area (Å²) in [4.78, 5) is 1.40. The van der Waals surface area contributed by atoms with Crippen LogP contribution >= 0.6 is 43.2 Å². The fourth-order valence-electron chi connectivity index (χ4n) is 2.25. The molecule has 1 nitrogen and oxygen atoms in total. The molecule has 2 rings (SSSR count). The first-order valence-electron chi connectivity index (χ1n) is 6.09.